The normalized spacial score (nSPS) is 21.7. The summed E-state index contributed by atoms with van der Waals surface area (Å²) >= 11 is 3.23. The maximum Gasteiger partial charge on any atom is 0.246 e. The van der Waals surface area contributed by atoms with Gasteiger partial charge in [-0.3, -0.25) is 29.0 Å². The lowest BCUT2D eigenvalue weighted by molar-refractivity contribution is -0.144. The van der Waals surface area contributed by atoms with Crippen LogP contribution in [-0.2, 0) is 55.8 Å². The van der Waals surface area contributed by atoms with Crippen LogP contribution < -0.4 is 21.1 Å². The Labute approximate surface area is 471 Å². The Morgan fingerprint density at radius 1 is 0.848 bits per heavy atom. The Balaban J connectivity index is 0.609. The number of benzene rings is 1. The van der Waals surface area contributed by atoms with Crippen molar-refractivity contribution in [1.82, 2.24) is 40.3 Å². The molecule has 2 saturated heterocycles. The van der Waals surface area contributed by atoms with Crippen molar-refractivity contribution in [2.24, 2.45) is 11.1 Å². The molecule has 0 bridgehead atoms. The molecular weight excluding hydrogens is 1050 g/mol. The number of primary amides is 1. The van der Waals surface area contributed by atoms with Crippen LogP contribution in [0.1, 0.15) is 93.3 Å². The first-order valence-corrected chi connectivity index (χ1v) is 29.6. The number of carbonyl (C=O) groups is 4. The number of piperazine rings is 1. The first-order chi connectivity index (χ1) is 38.1. The quantitative estimate of drug-likeness (QED) is 0.0487. The van der Waals surface area contributed by atoms with Gasteiger partial charge in [-0.05, 0) is 79.9 Å². The van der Waals surface area contributed by atoms with Crippen molar-refractivity contribution >= 4 is 56.5 Å². The van der Waals surface area contributed by atoms with Gasteiger partial charge in [0.15, 0.2) is 0 Å². The first-order valence-electron chi connectivity index (χ1n) is 27.9. The number of nitrogens with zero attached hydrogens (tertiary/aromatic N) is 6. The number of fused-ring (bicyclic) bond motifs is 3. The smallest absolute Gasteiger partial charge is 0.246 e. The summed E-state index contributed by atoms with van der Waals surface area (Å²) in [6, 6.07) is 6.58. The molecule has 0 spiro atoms. The van der Waals surface area contributed by atoms with Gasteiger partial charge in [0.1, 0.15) is 42.1 Å². The van der Waals surface area contributed by atoms with Gasteiger partial charge in [-0.15, -0.1) is 22.7 Å². The minimum atomic E-state index is -1.17. The van der Waals surface area contributed by atoms with Crippen LogP contribution in [0.25, 0.3) is 20.7 Å². The van der Waals surface area contributed by atoms with Crippen molar-refractivity contribution < 1.29 is 57.8 Å². The van der Waals surface area contributed by atoms with Crippen molar-refractivity contribution in [3.05, 3.63) is 57.8 Å². The van der Waals surface area contributed by atoms with Crippen LogP contribution in [0.3, 0.4) is 0 Å². The number of aliphatic hydroxyl groups excluding tert-OH is 2. The highest BCUT2D eigenvalue weighted by atomic mass is 32.1. The van der Waals surface area contributed by atoms with E-state index in [4.69, 9.17) is 34.2 Å². The third-order valence-electron chi connectivity index (χ3n) is 15.4. The van der Waals surface area contributed by atoms with Crippen LogP contribution in [0, 0.1) is 12.3 Å². The number of hydrogen-bond acceptors (Lipinski definition) is 19. The predicted molar refractivity (Wildman–Crippen MR) is 299 cm³/mol. The van der Waals surface area contributed by atoms with Crippen LogP contribution in [0.2, 0.25) is 0 Å². The molecule has 2 aliphatic carbocycles. The average Bonchev–Trinajstić information content (AvgIpc) is 4.43. The minimum Gasteiger partial charge on any atom is -0.474 e. The van der Waals surface area contributed by atoms with Gasteiger partial charge in [-0.2, -0.15) is 0 Å². The molecule has 5 atom stereocenters. The molecule has 23 heteroatoms. The molecule has 0 unspecified atom stereocenters. The molecule has 0 radical (unpaired) electrons. The molecular formula is C56H81N9O12S2. The van der Waals surface area contributed by atoms with E-state index in [2.05, 4.69) is 35.4 Å². The molecule has 6 N–H and O–H groups in total. The van der Waals surface area contributed by atoms with Crippen LogP contribution in [0.5, 0.6) is 5.88 Å². The van der Waals surface area contributed by atoms with Gasteiger partial charge < -0.3 is 59.9 Å². The molecule has 1 saturated carbocycles. The summed E-state index contributed by atoms with van der Waals surface area (Å²) < 4.78 is 34.9. The van der Waals surface area contributed by atoms with E-state index in [9.17, 15) is 29.4 Å². The van der Waals surface area contributed by atoms with Gasteiger partial charge in [0, 0.05) is 63.2 Å². The molecule has 4 aromatic rings. The summed E-state index contributed by atoms with van der Waals surface area (Å²) in [5.74, 6) is -1.33. The van der Waals surface area contributed by atoms with Crippen molar-refractivity contribution in [3.8, 4) is 16.3 Å². The number of aliphatic hydroxyl groups is 2. The Morgan fingerprint density at radius 3 is 2.14 bits per heavy atom. The number of carbonyl (C=O) groups excluding carboxylic acids is 4. The summed E-state index contributed by atoms with van der Waals surface area (Å²) in [5.41, 5.74) is 10.5. The van der Waals surface area contributed by atoms with E-state index >= 15 is 0 Å². The number of aryl methyl sites for hydroxylation is 2. The van der Waals surface area contributed by atoms with Crippen molar-refractivity contribution in [2.75, 3.05) is 105 Å². The molecule has 8 rings (SSSR count). The predicted octanol–water partition coefficient (Wildman–Crippen LogP) is 3.59. The molecule has 1 aromatic carbocycles. The second-order valence-corrected chi connectivity index (χ2v) is 24.0. The maximum absolute atomic E-state index is 13.9. The van der Waals surface area contributed by atoms with Crippen LogP contribution in [0.4, 0.5) is 0 Å². The van der Waals surface area contributed by atoms with E-state index in [0.717, 1.165) is 109 Å². The lowest BCUT2D eigenvalue weighted by Gasteiger charge is -2.41. The van der Waals surface area contributed by atoms with Gasteiger partial charge in [0.05, 0.1) is 87.0 Å². The fourth-order valence-corrected chi connectivity index (χ4v) is 13.1. The molecule has 21 nitrogen and oxygen atoms in total. The SMILES string of the molecule is Cc1ncsc1-c1ccc(CNC(=O)[C@@H]2C[C@@H](O)CN2C(=O)[C@@H](NC(=O)COCCOCCOCCOCCOCCN2CCN(C3CCC(Oc4ncnc5sc6c(c45)[C@@H](C[C@H](O)C(N)=O)CC6)CC3)CC2)C(C)(C)C)cc1. The van der Waals surface area contributed by atoms with Crippen LogP contribution in [0.15, 0.2) is 36.1 Å². The van der Waals surface area contributed by atoms with Gasteiger partial charge in [-0.1, -0.05) is 45.0 Å². The highest BCUT2D eigenvalue weighted by Crippen LogP contribution is 2.48. The standard InChI is InChI=1S/C56H81N9O12S2/c1-36-49(78-35-61-36)38-7-5-37(6-8-38)31-58-52(70)43-30-41(66)32-65(43)55(71)50(56(2,3)4)62-46(68)33-76-28-27-75-26-25-74-24-23-73-22-21-72-20-19-63-15-17-64(18-16-63)40-10-12-42(13-11-40)77-53-48-47-39(29-44(67)51(57)69)9-14-45(47)79-54(48)60-34-59-53/h5-8,34-35,39-44,50,66-67H,9-33H2,1-4H3,(H2,57,69)(H,58,70)(H,62,68)/t39-,40?,41-,42?,43+,44+,50-/m1/s1. The highest BCUT2D eigenvalue weighted by Gasteiger charge is 2.44. The number of nitrogens with one attached hydrogen (secondary N) is 2. The molecule has 4 amide bonds. The Morgan fingerprint density at radius 2 is 1.51 bits per heavy atom. The molecule has 5 heterocycles. The molecule has 434 valence electrons. The third-order valence-corrected chi connectivity index (χ3v) is 17.5. The Kier molecular flexibility index (Phi) is 22.3. The number of likely N-dealkylation sites (tertiary alicyclic amines) is 1. The number of thiazole rings is 1. The summed E-state index contributed by atoms with van der Waals surface area (Å²) in [7, 11) is 0. The number of hydrogen-bond donors (Lipinski definition) is 5. The third kappa shape index (κ3) is 16.9. The molecule has 2 aliphatic heterocycles. The molecule has 79 heavy (non-hydrogen) atoms. The van der Waals surface area contributed by atoms with Gasteiger partial charge in [-0.25, -0.2) is 15.0 Å². The van der Waals surface area contributed by atoms with E-state index in [-0.39, 0.29) is 57.3 Å². The largest absolute Gasteiger partial charge is 0.474 e. The highest BCUT2D eigenvalue weighted by molar-refractivity contribution is 7.19. The summed E-state index contributed by atoms with van der Waals surface area (Å²) in [5, 5.41) is 27.5. The van der Waals surface area contributed by atoms with Crippen LogP contribution in [-0.4, -0.2) is 205 Å². The van der Waals surface area contributed by atoms with Crippen molar-refractivity contribution in [3.63, 3.8) is 0 Å². The molecule has 3 aromatic heterocycles. The summed E-state index contributed by atoms with van der Waals surface area (Å²) in [6.07, 6.45) is 5.86. The average molecular weight is 1140 g/mol. The van der Waals surface area contributed by atoms with Crippen LogP contribution >= 0.6 is 22.7 Å². The van der Waals surface area contributed by atoms with Gasteiger partial charge in [0.2, 0.25) is 29.5 Å². The fourth-order valence-electron chi connectivity index (χ4n) is 11.0. The lowest BCUT2D eigenvalue weighted by atomic mass is 9.85. The Hall–Kier alpha value is -4.79. The number of amides is 4. The second-order valence-electron chi connectivity index (χ2n) is 22.1. The van der Waals surface area contributed by atoms with E-state index in [1.807, 2.05) is 57.5 Å². The van der Waals surface area contributed by atoms with Gasteiger partial charge in [0.25, 0.3) is 0 Å². The summed E-state index contributed by atoms with van der Waals surface area (Å²) in [6.45, 7) is 16.1. The number of ether oxygens (including phenoxy) is 6. The zero-order chi connectivity index (χ0) is 55.9. The zero-order valence-electron chi connectivity index (χ0n) is 46.2. The topological polar surface area (TPSA) is 263 Å². The van der Waals surface area contributed by atoms with Gasteiger partial charge >= 0.3 is 0 Å². The van der Waals surface area contributed by atoms with E-state index < -0.39 is 47.4 Å². The maximum atomic E-state index is 13.9. The number of nitrogens with two attached hydrogens (primary N) is 1. The summed E-state index contributed by atoms with van der Waals surface area (Å²) in [4.78, 5) is 75.1. The minimum absolute atomic E-state index is 0.0138. The monoisotopic (exact) mass is 1140 g/mol. The lowest BCUT2D eigenvalue weighted by Crippen LogP contribution is -2.58. The van der Waals surface area contributed by atoms with Crippen molar-refractivity contribution in [2.45, 2.75) is 128 Å². The number of thiophene rings is 1. The van der Waals surface area contributed by atoms with E-state index in [0.29, 0.717) is 64.6 Å². The Bertz CT molecular complexity index is 2600. The van der Waals surface area contributed by atoms with E-state index in [1.165, 1.54) is 9.78 Å². The van der Waals surface area contributed by atoms with Crippen molar-refractivity contribution in [1.29, 1.82) is 0 Å². The molecule has 3 fully saturated rings. The molecule has 4 aliphatic rings. The van der Waals surface area contributed by atoms with E-state index in [1.54, 1.807) is 29.0 Å². The first kappa shape index (κ1) is 60.3. The number of rotatable bonds is 29. The number of aromatic nitrogens is 3. The zero-order valence-corrected chi connectivity index (χ0v) is 47.9. The number of β-amino-alcohol motifs (C(OH)–C–C–N with tert-alkyl or cyclic N) is 1. The second kappa shape index (κ2) is 29.3. The fraction of sp³-hybridized carbons (Fsp3) is 0.661.